The van der Waals surface area contributed by atoms with Crippen molar-refractivity contribution in [1.29, 1.82) is 0 Å². The molecule has 0 saturated carbocycles. The van der Waals surface area contributed by atoms with Crippen molar-refractivity contribution >= 4 is 11.7 Å². The van der Waals surface area contributed by atoms with Crippen molar-refractivity contribution < 1.29 is 14.3 Å². The topological polar surface area (TPSA) is 46.6 Å². The molecule has 0 fully saturated rings. The van der Waals surface area contributed by atoms with E-state index in [1.54, 1.807) is 7.11 Å². The number of fused-ring (bicyclic) bond motifs is 1. The van der Waals surface area contributed by atoms with Gasteiger partial charge >= 0.3 is 0 Å². The van der Waals surface area contributed by atoms with Gasteiger partial charge in [0.05, 0.1) is 6.61 Å². The van der Waals surface area contributed by atoms with Crippen LogP contribution in [-0.4, -0.2) is 43.4 Å². The van der Waals surface area contributed by atoms with Crippen molar-refractivity contribution in [3.63, 3.8) is 0 Å². The van der Waals surface area contributed by atoms with Crippen LogP contribution in [0, 0.1) is 0 Å². The lowest BCUT2D eigenvalue weighted by atomic mass is 9.98. The van der Waals surface area contributed by atoms with Crippen molar-refractivity contribution in [3.8, 4) is 11.1 Å². The molecule has 26 heavy (non-hydrogen) atoms. The Bertz CT molecular complexity index is 813. The Balaban J connectivity index is 1.86. The fourth-order valence-electron chi connectivity index (χ4n) is 3.44. The molecule has 1 aliphatic rings. The summed E-state index contributed by atoms with van der Waals surface area (Å²) in [7, 11) is 1.65. The Labute approximate surface area is 154 Å². The average Bonchev–Trinajstić information content (AvgIpc) is 3.05. The summed E-state index contributed by atoms with van der Waals surface area (Å²) in [5.74, 6) is 0.255. The number of carbonyl (C=O) groups excluding carboxylic acids is 2. The second kappa shape index (κ2) is 8.28. The molecule has 0 heterocycles. The number of carbonyl (C=O) groups is 2. The maximum absolute atomic E-state index is 12.9. The van der Waals surface area contributed by atoms with Gasteiger partial charge in [-0.15, -0.1) is 0 Å². The first kappa shape index (κ1) is 18.3. The Hall–Kier alpha value is -2.46. The molecular weight excluding hydrogens is 326 g/mol. The molecule has 0 bridgehead atoms. The van der Waals surface area contributed by atoms with E-state index in [-0.39, 0.29) is 11.7 Å². The monoisotopic (exact) mass is 351 g/mol. The Morgan fingerprint density at radius 3 is 2.65 bits per heavy atom. The summed E-state index contributed by atoms with van der Waals surface area (Å²) in [5.41, 5.74) is 4.68. The van der Waals surface area contributed by atoms with Crippen LogP contribution in [0.3, 0.4) is 0 Å². The minimum absolute atomic E-state index is 0.0297. The molecule has 0 aliphatic heterocycles. The zero-order valence-corrected chi connectivity index (χ0v) is 15.5. The summed E-state index contributed by atoms with van der Waals surface area (Å²) in [4.78, 5) is 26.5. The van der Waals surface area contributed by atoms with Crippen molar-refractivity contribution in [2.75, 3.05) is 26.8 Å². The van der Waals surface area contributed by atoms with Crippen molar-refractivity contribution in [2.45, 2.75) is 26.2 Å². The largest absolute Gasteiger partial charge is 0.383 e. The first-order valence-corrected chi connectivity index (χ1v) is 9.18. The van der Waals surface area contributed by atoms with Crippen LogP contribution >= 0.6 is 0 Å². The third kappa shape index (κ3) is 3.86. The van der Waals surface area contributed by atoms with Crippen molar-refractivity contribution in [3.05, 3.63) is 59.2 Å². The molecule has 0 spiro atoms. The number of methoxy groups -OCH3 is 1. The van der Waals surface area contributed by atoms with Gasteiger partial charge in [0.1, 0.15) is 0 Å². The Morgan fingerprint density at radius 1 is 1.08 bits per heavy atom. The first-order valence-electron chi connectivity index (χ1n) is 9.18. The lowest BCUT2D eigenvalue weighted by molar-refractivity contribution is 0.0695. The number of Topliss-reactive ketones (excluding diaryl/α,β-unsaturated/α-hetero) is 1. The standard InChI is InChI=1S/C22H25NO3/c1-3-11-23(12-13-26-2)22(25)19-6-4-5-16(15-19)17-7-9-20-18(14-17)8-10-21(20)24/h4-7,9,14-15H,3,8,10-13H2,1-2H3. The first-order chi connectivity index (χ1) is 12.6. The number of rotatable bonds is 7. The second-order valence-corrected chi connectivity index (χ2v) is 6.66. The van der Waals surface area contributed by atoms with Gasteiger partial charge in [0.2, 0.25) is 0 Å². The van der Waals surface area contributed by atoms with E-state index >= 15 is 0 Å². The molecule has 136 valence electrons. The van der Waals surface area contributed by atoms with Crippen LogP contribution < -0.4 is 0 Å². The molecule has 4 nitrogen and oxygen atoms in total. The van der Waals surface area contributed by atoms with E-state index in [0.717, 1.165) is 35.1 Å². The minimum atomic E-state index is 0.0297. The van der Waals surface area contributed by atoms with Crippen molar-refractivity contribution in [2.24, 2.45) is 0 Å². The van der Waals surface area contributed by atoms with E-state index in [4.69, 9.17) is 4.74 Å². The van der Waals surface area contributed by atoms with E-state index in [2.05, 4.69) is 13.0 Å². The SMILES string of the molecule is CCCN(CCOC)C(=O)c1cccc(-c2ccc3c(c2)CCC3=O)c1. The molecule has 3 rings (SSSR count). The third-order valence-electron chi connectivity index (χ3n) is 4.82. The summed E-state index contributed by atoms with van der Waals surface area (Å²) in [6.07, 6.45) is 2.32. The lowest BCUT2D eigenvalue weighted by Crippen LogP contribution is -2.34. The Kier molecular flexibility index (Phi) is 5.84. The zero-order valence-electron chi connectivity index (χ0n) is 15.5. The summed E-state index contributed by atoms with van der Waals surface area (Å²) < 4.78 is 5.13. The molecule has 0 aromatic heterocycles. The number of ether oxygens (including phenoxy) is 1. The van der Waals surface area contributed by atoms with Crippen molar-refractivity contribution in [1.82, 2.24) is 4.90 Å². The lowest BCUT2D eigenvalue weighted by Gasteiger charge is -2.22. The zero-order chi connectivity index (χ0) is 18.5. The van der Waals surface area contributed by atoms with E-state index in [9.17, 15) is 9.59 Å². The quantitative estimate of drug-likeness (QED) is 0.758. The van der Waals surface area contributed by atoms with Crippen LogP contribution in [0.2, 0.25) is 0 Å². The van der Waals surface area contributed by atoms with Gasteiger partial charge in [-0.1, -0.05) is 37.3 Å². The van der Waals surface area contributed by atoms with Gasteiger partial charge in [0, 0.05) is 37.7 Å². The van der Waals surface area contributed by atoms with Crippen LogP contribution in [0.1, 0.15) is 46.0 Å². The summed E-state index contributed by atoms with van der Waals surface area (Å²) in [6.45, 7) is 3.90. The molecule has 1 amide bonds. The maximum Gasteiger partial charge on any atom is 0.253 e. The van der Waals surface area contributed by atoms with E-state index in [0.29, 0.717) is 31.7 Å². The van der Waals surface area contributed by atoms with Crippen LogP contribution in [0.5, 0.6) is 0 Å². The number of nitrogens with zero attached hydrogens (tertiary/aromatic N) is 1. The fraction of sp³-hybridized carbons (Fsp3) is 0.364. The predicted molar refractivity (Wildman–Crippen MR) is 103 cm³/mol. The van der Waals surface area contributed by atoms with Crippen LogP contribution in [0.4, 0.5) is 0 Å². The molecule has 2 aromatic carbocycles. The number of hydrogen-bond acceptors (Lipinski definition) is 3. The molecule has 4 heteroatoms. The highest BCUT2D eigenvalue weighted by molar-refractivity contribution is 6.01. The molecule has 0 N–H and O–H groups in total. The van der Waals surface area contributed by atoms with E-state index < -0.39 is 0 Å². The molecule has 0 saturated heterocycles. The highest BCUT2D eigenvalue weighted by Crippen LogP contribution is 2.28. The maximum atomic E-state index is 12.9. The molecule has 2 aromatic rings. The molecular formula is C22H25NO3. The van der Waals surface area contributed by atoms with Gasteiger partial charge in [-0.2, -0.15) is 0 Å². The van der Waals surface area contributed by atoms with Crippen LogP contribution in [-0.2, 0) is 11.2 Å². The highest BCUT2D eigenvalue weighted by atomic mass is 16.5. The Morgan fingerprint density at radius 2 is 1.88 bits per heavy atom. The number of amides is 1. The van der Waals surface area contributed by atoms with Crippen LogP contribution in [0.15, 0.2) is 42.5 Å². The van der Waals surface area contributed by atoms with Gasteiger partial charge < -0.3 is 9.64 Å². The predicted octanol–water partition coefficient (Wildman–Crippen LogP) is 3.98. The highest BCUT2D eigenvalue weighted by Gasteiger charge is 2.20. The third-order valence-corrected chi connectivity index (χ3v) is 4.82. The van der Waals surface area contributed by atoms with Gasteiger partial charge in [-0.3, -0.25) is 9.59 Å². The number of ketones is 1. The molecule has 0 unspecified atom stereocenters. The number of hydrogen-bond donors (Lipinski definition) is 0. The molecule has 0 atom stereocenters. The van der Waals surface area contributed by atoms with Gasteiger partial charge in [0.15, 0.2) is 5.78 Å². The average molecular weight is 351 g/mol. The van der Waals surface area contributed by atoms with E-state index in [1.165, 1.54) is 0 Å². The number of aryl methyl sites for hydroxylation is 1. The minimum Gasteiger partial charge on any atom is -0.383 e. The molecule has 1 aliphatic carbocycles. The van der Waals surface area contributed by atoms with E-state index in [1.807, 2.05) is 41.3 Å². The smallest absolute Gasteiger partial charge is 0.253 e. The summed E-state index contributed by atoms with van der Waals surface area (Å²) in [5, 5.41) is 0. The summed E-state index contributed by atoms with van der Waals surface area (Å²) in [6, 6.07) is 13.7. The normalized spacial score (nSPS) is 12.9. The fourth-order valence-corrected chi connectivity index (χ4v) is 3.44. The summed E-state index contributed by atoms with van der Waals surface area (Å²) >= 11 is 0. The van der Waals surface area contributed by atoms with Gasteiger partial charge in [0.25, 0.3) is 5.91 Å². The van der Waals surface area contributed by atoms with Crippen LogP contribution in [0.25, 0.3) is 11.1 Å². The number of benzene rings is 2. The molecule has 0 radical (unpaired) electrons. The second-order valence-electron chi connectivity index (χ2n) is 6.66. The van der Waals surface area contributed by atoms with Gasteiger partial charge in [-0.05, 0) is 41.7 Å². The van der Waals surface area contributed by atoms with Gasteiger partial charge in [-0.25, -0.2) is 0 Å².